The molecule has 0 heterocycles. The quantitative estimate of drug-likeness (QED) is 0.423. The summed E-state index contributed by atoms with van der Waals surface area (Å²) in [4.78, 5) is 0. The molecular weight excluding hydrogens is 271 g/mol. The molecule has 0 aromatic rings. The number of hydrogen-bond donors (Lipinski definition) is 0. The summed E-state index contributed by atoms with van der Waals surface area (Å²) in [6.45, 7) is 2.21. The minimum atomic E-state index is -1.29. The molecule has 0 aromatic carbocycles. The smallest absolute Gasteiger partial charge is 0.321 e. The Balaban J connectivity index is 3.44. The third-order valence-electron chi connectivity index (χ3n) is 1.58. The zero-order valence-electron chi connectivity index (χ0n) is 7.47. The number of rotatable bonds is 6. The van der Waals surface area contributed by atoms with E-state index in [9.17, 15) is 0 Å². The molecular formula is C7H17IO2Si. The highest BCUT2D eigenvalue weighted by Gasteiger charge is 2.14. The third kappa shape index (κ3) is 6.07. The van der Waals surface area contributed by atoms with Gasteiger partial charge in [0.2, 0.25) is 0 Å². The average molecular weight is 288 g/mol. The van der Waals surface area contributed by atoms with Crippen LogP contribution in [0, 0.1) is 0 Å². The minimum absolute atomic E-state index is 0.731. The van der Waals surface area contributed by atoms with Crippen molar-refractivity contribution in [3.63, 3.8) is 0 Å². The van der Waals surface area contributed by atoms with Gasteiger partial charge in [0.25, 0.3) is 0 Å². The first-order chi connectivity index (χ1) is 5.24. The van der Waals surface area contributed by atoms with Crippen LogP contribution in [0.2, 0.25) is 6.04 Å². The first-order valence-corrected chi connectivity index (χ1v) is 6.94. The van der Waals surface area contributed by atoms with Gasteiger partial charge in [-0.05, 0) is 12.5 Å². The van der Waals surface area contributed by atoms with Gasteiger partial charge in [0.15, 0.2) is 0 Å². The van der Waals surface area contributed by atoms with E-state index in [1.165, 1.54) is 12.8 Å². The van der Waals surface area contributed by atoms with Gasteiger partial charge in [-0.2, -0.15) is 0 Å². The second-order valence-electron chi connectivity index (χ2n) is 2.52. The molecule has 11 heavy (non-hydrogen) atoms. The number of hydrogen-bond acceptors (Lipinski definition) is 2. The maximum absolute atomic E-state index is 5.23. The van der Waals surface area contributed by atoms with E-state index in [1.807, 2.05) is 0 Å². The zero-order valence-corrected chi connectivity index (χ0v) is 10.8. The SMILES string of the molecule is CCCC(I)C[SiH](OC)OC. The molecule has 0 aliphatic carbocycles. The van der Waals surface area contributed by atoms with Gasteiger partial charge in [-0.15, -0.1) is 0 Å². The molecule has 2 nitrogen and oxygen atoms in total. The van der Waals surface area contributed by atoms with Crippen molar-refractivity contribution in [2.24, 2.45) is 0 Å². The van der Waals surface area contributed by atoms with Crippen LogP contribution in [-0.2, 0) is 8.85 Å². The van der Waals surface area contributed by atoms with Gasteiger partial charge in [0, 0.05) is 18.1 Å². The molecule has 0 saturated carbocycles. The largest absolute Gasteiger partial charge is 0.400 e. The molecule has 0 rings (SSSR count). The lowest BCUT2D eigenvalue weighted by molar-refractivity contribution is 0.277. The van der Waals surface area contributed by atoms with Crippen LogP contribution in [0.3, 0.4) is 0 Å². The predicted octanol–water partition coefficient (Wildman–Crippen LogP) is 2.10. The van der Waals surface area contributed by atoms with Gasteiger partial charge in [0.05, 0.1) is 0 Å². The van der Waals surface area contributed by atoms with Crippen LogP contribution in [0.15, 0.2) is 0 Å². The summed E-state index contributed by atoms with van der Waals surface area (Å²) in [6.07, 6.45) is 2.53. The molecule has 1 atom stereocenters. The predicted molar refractivity (Wildman–Crippen MR) is 58.7 cm³/mol. The summed E-state index contributed by atoms with van der Waals surface area (Å²) in [5, 5.41) is 0. The van der Waals surface area contributed by atoms with Crippen LogP contribution in [-0.4, -0.2) is 27.4 Å². The van der Waals surface area contributed by atoms with Gasteiger partial charge in [-0.1, -0.05) is 35.9 Å². The first-order valence-electron chi connectivity index (χ1n) is 3.94. The molecule has 0 amide bonds. The lowest BCUT2D eigenvalue weighted by Crippen LogP contribution is -2.22. The Morgan fingerprint density at radius 1 is 1.36 bits per heavy atom. The van der Waals surface area contributed by atoms with Gasteiger partial charge in [0.1, 0.15) is 0 Å². The Labute approximate surface area is 84.6 Å². The van der Waals surface area contributed by atoms with Crippen molar-refractivity contribution < 1.29 is 8.85 Å². The van der Waals surface area contributed by atoms with E-state index in [2.05, 4.69) is 29.5 Å². The van der Waals surface area contributed by atoms with Crippen molar-refractivity contribution in [2.75, 3.05) is 14.2 Å². The average Bonchev–Trinajstić information content (AvgIpc) is 2.01. The summed E-state index contributed by atoms with van der Waals surface area (Å²) in [5.74, 6) is 0. The first kappa shape index (κ1) is 11.9. The molecule has 0 aliphatic heterocycles. The second kappa shape index (κ2) is 7.51. The number of halogens is 1. The van der Waals surface area contributed by atoms with Crippen LogP contribution >= 0.6 is 22.6 Å². The zero-order chi connectivity index (χ0) is 8.69. The van der Waals surface area contributed by atoms with Crippen molar-refractivity contribution in [3.8, 4) is 0 Å². The molecule has 4 heteroatoms. The monoisotopic (exact) mass is 288 g/mol. The van der Waals surface area contributed by atoms with Crippen LogP contribution in [0.5, 0.6) is 0 Å². The van der Waals surface area contributed by atoms with Crippen molar-refractivity contribution >= 4 is 31.9 Å². The maximum atomic E-state index is 5.23. The van der Waals surface area contributed by atoms with E-state index in [0.29, 0.717) is 0 Å². The lowest BCUT2D eigenvalue weighted by atomic mass is 10.3. The van der Waals surface area contributed by atoms with E-state index in [4.69, 9.17) is 8.85 Å². The standard InChI is InChI=1S/C7H17IO2Si/c1-4-5-7(8)6-11(9-2)10-3/h7,11H,4-6H2,1-3H3. The minimum Gasteiger partial charge on any atom is -0.400 e. The Morgan fingerprint density at radius 2 is 1.91 bits per heavy atom. The molecule has 0 N–H and O–H groups in total. The maximum Gasteiger partial charge on any atom is 0.321 e. The highest BCUT2D eigenvalue weighted by atomic mass is 127. The van der Waals surface area contributed by atoms with E-state index >= 15 is 0 Å². The van der Waals surface area contributed by atoms with E-state index in [1.54, 1.807) is 14.2 Å². The summed E-state index contributed by atoms with van der Waals surface area (Å²) in [5.41, 5.74) is 0. The molecule has 0 bridgehead atoms. The Bertz CT molecular complexity index is 88.5. The van der Waals surface area contributed by atoms with E-state index in [-0.39, 0.29) is 0 Å². The summed E-state index contributed by atoms with van der Waals surface area (Å²) in [6, 6.07) is 1.13. The normalized spacial score (nSPS) is 13.9. The van der Waals surface area contributed by atoms with Gasteiger partial charge >= 0.3 is 9.28 Å². The third-order valence-corrected chi connectivity index (χ3v) is 5.67. The fourth-order valence-corrected chi connectivity index (χ4v) is 4.03. The van der Waals surface area contributed by atoms with Crippen LogP contribution in [0.1, 0.15) is 19.8 Å². The molecule has 0 spiro atoms. The molecule has 0 saturated heterocycles. The summed E-state index contributed by atoms with van der Waals surface area (Å²) in [7, 11) is 2.20. The molecule has 0 radical (unpaired) electrons. The van der Waals surface area contributed by atoms with Crippen molar-refractivity contribution in [3.05, 3.63) is 0 Å². The topological polar surface area (TPSA) is 18.5 Å². The number of alkyl halides is 1. The van der Waals surface area contributed by atoms with Crippen LogP contribution < -0.4 is 0 Å². The van der Waals surface area contributed by atoms with Crippen molar-refractivity contribution in [2.45, 2.75) is 29.7 Å². The van der Waals surface area contributed by atoms with Gasteiger partial charge < -0.3 is 8.85 Å². The van der Waals surface area contributed by atoms with E-state index < -0.39 is 9.28 Å². The second-order valence-corrected chi connectivity index (χ2v) is 6.56. The van der Waals surface area contributed by atoms with Crippen molar-refractivity contribution in [1.29, 1.82) is 0 Å². The molecule has 0 fully saturated rings. The lowest BCUT2D eigenvalue weighted by Gasteiger charge is -2.14. The van der Waals surface area contributed by atoms with Gasteiger partial charge in [-0.25, -0.2) is 0 Å². The fraction of sp³-hybridized carbons (Fsp3) is 1.00. The molecule has 68 valence electrons. The molecule has 0 aliphatic rings. The van der Waals surface area contributed by atoms with Gasteiger partial charge in [-0.3, -0.25) is 0 Å². The summed E-state index contributed by atoms with van der Waals surface area (Å²) < 4.78 is 11.2. The fourth-order valence-electron chi connectivity index (χ4n) is 0.929. The highest BCUT2D eigenvalue weighted by Crippen LogP contribution is 2.15. The Kier molecular flexibility index (Phi) is 8.10. The Morgan fingerprint density at radius 3 is 2.27 bits per heavy atom. The summed E-state index contributed by atoms with van der Waals surface area (Å²) >= 11 is 2.48. The Hall–Kier alpha value is 0.867. The molecule has 1 unspecified atom stereocenters. The van der Waals surface area contributed by atoms with Crippen LogP contribution in [0.4, 0.5) is 0 Å². The van der Waals surface area contributed by atoms with Crippen molar-refractivity contribution in [1.82, 2.24) is 0 Å². The van der Waals surface area contributed by atoms with Crippen LogP contribution in [0.25, 0.3) is 0 Å². The highest BCUT2D eigenvalue weighted by molar-refractivity contribution is 14.1. The molecule has 0 aromatic heterocycles. The van der Waals surface area contributed by atoms with E-state index in [0.717, 1.165) is 9.97 Å².